The molecule has 0 nitrogen and oxygen atoms in total. The summed E-state index contributed by atoms with van der Waals surface area (Å²) in [6.45, 7) is 9.17. The summed E-state index contributed by atoms with van der Waals surface area (Å²) in [6, 6.07) is 0. The van der Waals surface area contributed by atoms with Crippen molar-refractivity contribution in [2.45, 2.75) is 40.5 Å². The van der Waals surface area contributed by atoms with Crippen molar-refractivity contribution < 1.29 is 0 Å². The van der Waals surface area contributed by atoms with Crippen LogP contribution in [0.25, 0.3) is 0 Å². The number of hydrogen-bond donors (Lipinski definition) is 0. The van der Waals surface area contributed by atoms with Crippen LogP contribution in [0.3, 0.4) is 0 Å². The Balaban J connectivity index is 2.29. The Hall–Kier alpha value is -0.780. The summed E-state index contributed by atoms with van der Waals surface area (Å²) in [6.07, 6.45) is 7.33. The standard InChI is InChI=1S/C14H20/c1-9-5-13(6-10(9)2)14-7-11(3)12(4)8-14/h5,7,10,12H,6,8H2,1-4H3/b14-13+/t10-,12+. The number of hydrogen-bond acceptors (Lipinski definition) is 0. The van der Waals surface area contributed by atoms with Crippen molar-refractivity contribution >= 4 is 0 Å². The van der Waals surface area contributed by atoms with E-state index in [9.17, 15) is 0 Å². The van der Waals surface area contributed by atoms with E-state index in [1.54, 1.807) is 22.3 Å². The average molecular weight is 188 g/mol. The largest absolute Gasteiger partial charge is 0.0699 e. The van der Waals surface area contributed by atoms with Crippen LogP contribution in [-0.2, 0) is 0 Å². The maximum atomic E-state index is 2.40. The minimum atomic E-state index is 0.766. The molecule has 0 fully saturated rings. The van der Waals surface area contributed by atoms with E-state index in [1.165, 1.54) is 12.8 Å². The highest BCUT2D eigenvalue weighted by Gasteiger charge is 2.21. The van der Waals surface area contributed by atoms with Crippen LogP contribution in [-0.4, -0.2) is 0 Å². The maximum Gasteiger partial charge on any atom is -0.0191 e. The summed E-state index contributed by atoms with van der Waals surface area (Å²) < 4.78 is 0. The van der Waals surface area contributed by atoms with Gasteiger partial charge in [-0.25, -0.2) is 0 Å². The van der Waals surface area contributed by atoms with Gasteiger partial charge in [-0.05, 0) is 49.7 Å². The normalized spacial score (nSPS) is 37.4. The fourth-order valence-electron chi connectivity index (χ4n) is 2.38. The Kier molecular flexibility index (Phi) is 2.38. The van der Waals surface area contributed by atoms with E-state index in [0.717, 1.165) is 11.8 Å². The SMILES string of the molecule is CC1=C/C(=C2/C=C(C)[C@@H](C)C2)C[C@H]1C. The molecule has 0 amide bonds. The van der Waals surface area contributed by atoms with E-state index in [4.69, 9.17) is 0 Å². The van der Waals surface area contributed by atoms with Gasteiger partial charge in [-0.1, -0.05) is 37.1 Å². The minimum absolute atomic E-state index is 0.766. The summed E-state index contributed by atoms with van der Waals surface area (Å²) in [5, 5.41) is 0. The number of rotatable bonds is 0. The summed E-state index contributed by atoms with van der Waals surface area (Å²) in [5.41, 5.74) is 6.30. The van der Waals surface area contributed by atoms with Gasteiger partial charge >= 0.3 is 0 Å². The lowest BCUT2D eigenvalue weighted by Crippen LogP contribution is -1.91. The second-order valence-electron chi connectivity index (χ2n) is 5.04. The van der Waals surface area contributed by atoms with Crippen LogP contribution >= 0.6 is 0 Å². The molecule has 0 bridgehead atoms. The van der Waals surface area contributed by atoms with Crippen LogP contribution in [0.5, 0.6) is 0 Å². The molecule has 2 aliphatic carbocycles. The molecule has 76 valence electrons. The van der Waals surface area contributed by atoms with E-state index in [-0.39, 0.29) is 0 Å². The smallest absolute Gasteiger partial charge is 0.0191 e. The van der Waals surface area contributed by atoms with E-state index < -0.39 is 0 Å². The predicted octanol–water partition coefficient (Wildman–Crippen LogP) is 4.26. The predicted molar refractivity (Wildman–Crippen MR) is 62.1 cm³/mol. The lowest BCUT2D eigenvalue weighted by atomic mass is 10.0. The Bertz CT molecular complexity index is 305. The molecule has 0 heteroatoms. The van der Waals surface area contributed by atoms with E-state index in [1.807, 2.05) is 0 Å². The molecule has 0 aromatic rings. The Morgan fingerprint density at radius 3 is 1.43 bits per heavy atom. The van der Waals surface area contributed by atoms with Gasteiger partial charge in [0.15, 0.2) is 0 Å². The van der Waals surface area contributed by atoms with Gasteiger partial charge in [0.2, 0.25) is 0 Å². The molecule has 0 radical (unpaired) electrons. The summed E-state index contributed by atoms with van der Waals surface area (Å²) in [7, 11) is 0. The maximum absolute atomic E-state index is 2.40. The van der Waals surface area contributed by atoms with Crippen LogP contribution in [0.1, 0.15) is 40.5 Å². The molecular formula is C14H20. The van der Waals surface area contributed by atoms with Crippen LogP contribution in [0.15, 0.2) is 34.4 Å². The van der Waals surface area contributed by atoms with Crippen molar-refractivity contribution in [1.29, 1.82) is 0 Å². The molecule has 0 heterocycles. The van der Waals surface area contributed by atoms with E-state index >= 15 is 0 Å². The van der Waals surface area contributed by atoms with Crippen molar-refractivity contribution in [3.05, 3.63) is 34.4 Å². The van der Waals surface area contributed by atoms with Crippen LogP contribution < -0.4 is 0 Å². The molecule has 14 heavy (non-hydrogen) atoms. The summed E-state index contributed by atoms with van der Waals surface area (Å²) in [5.74, 6) is 1.53. The van der Waals surface area contributed by atoms with E-state index in [2.05, 4.69) is 39.8 Å². The van der Waals surface area contributed by atoms with Gasteiger partial charge in [-0.3, -0.25) is 0 Å². The lowest BCUT2D eigenvalue weighted by molar-refractivity contribution is 0.693. The average Bonchev–Trinajstić information content (AvgIpc) is 2.60. The summed E-state index contributed by atoms with van der Waals surface area (Å²) in [4.78, 5) is 0. The highest BCUT2D eigenvalue weighted by Crippen LogP contribution is 2.37. The molecule has 0 N–H and O–H groups in total. The van der Waals surface area contributed by atoms with Gasteiger partial charge in [0, 0.05) is 0 Å². The van der Waals surface area contributed by atoms with Crippen molar-refractivity contribution in [3.8, 4) is 0 Å². The van der Waals surface area contributed by atoms with Gasteiger partial charge in [-0.15, -0.1) is 0 Å². The quantitative estimate of drug-likeness (QED) is 0.533. The fraction of sp³-hybridized carbons (Fsp3) is 0.571. The molecular weight excluding hydrogens is 168 g/mol. The topological polar surface area (TPSA) is 0 Å². The zero-order valence-corrected chi connectivity index (χ0v) is 9.72. The second-order valence-corrected chi connectivity index (χ2v) is 5.04. The molecule has 0 aliphatic heterocycles. The third-order valence-electron chi connectivity index (χ3n) is 3.82. The molecule has 0 unspecified atom stereocenters. The van der Waals surface area contributed by atoms with E-state index in [0.29, 0.717) is 0 Å². The first-order valence-electron chi connectivity index (χ1n) is 5.66. The zero-order valence-electron chi connectivity index (χ0n) is 9.72. The van der Waals surface area contributed by atoms with Gasteiger partial charge in [0.1, 0.15) is 0 Å². The Labute approximate surface area is 87.4 Å². The van der Waals surface area contributed by atoms with Crippen LogP contribution in [0.2, 0.25) is 0 Å². The minimum Gasteiger partial charge on any atom is -0.0699 e. The van der Waals surface area contributed by atoms with Gasteiger partial charge in [-0.2, -0.15) is 0 Å². The Morgan fingerprint density at radius 1 is 0.857 bits per heavy atom. The van der Waals surface area contributed by atoms with Crippen molar-refractivity contribution in [1.82, 2.24) is 0 Å². The Morgan fingerprint density at radius 2 is 1.21 bits per heavy atom. The lowest BCUT2D eigenvalue weighted by Gasteiger charge is -2.04. The molecule has 2 rings (SSSR count). The van der Waals surface area contributed by atoms with Crippen LogP contribution in [0, 0.1) is 11.8 Å². The first-order chi connectivity index (χ1) is 6.58. The molecule has 0 aromatic carbocycles. The van der Waals surface area contributed by atoms with Crippen molar-refractivity contribution in [2.75, 3.05) is 0 Å². The molecule has 0 saturated carbocycles. The monoisotopic (exact) mass is 188 g/mol. The van der Waals surface area contributed by atoms with Gasteiger partial charge < -0.3 is 0 Å². The first-order valence-corrected chi connectivity index (χ1v) is 5.66. The van der Waals surface area contributed by atoms with Gasteiger partial charge in [0.05, 0.1) is 0 Å². The molecule has 0 aromatic heterocycles. The van der Waals surface area contributed by atoms with Gasteiger partial charge in [0.25, 0.3) is 0 Å². The zero-order chi connectivity index (χ0) is 10.3. The third-order valence-corrected chi connectivity index (χ3v) is 3.82. The highest BCUT2D eigenvalue weighted by molar-refractivity contribution is 5.44. The first kappa shape index (κ1) is 9.76. The second kappa shape index (κ2) is 3.42. The third kappa shape index (κ3) is 1.58. The number of allylic oxidation sites excluding steroid dienone is 6. The summed E-state index contributed by atoms with van der Waals surface area (Å²) >= 11 is 0. The molecule has 0 saturated heterocycles. The highest BCUT2D eigenvalue weighted by atomic mass is 14.3. The molecule has 2 atom stereocenters. The van der Waals surface area contributed by atoms with Crippen LogP contribution in [0.4, 0.5) is 0 Å². The fourth-order valence-corrected chi connectivity index (χ4v) is 2.38. The molecule has 2 aliphatic rings. The van der Waals surface area contributed by atoms with Crippen molar-refractivity contribution in [2.24, 2.45) is 11.8 Å². The van der Waals surface area contributed by atoms with Crippen molar-refractivity contribution in [3.63, 3.8) is 0 Å². The molecule has 0 spiro atoms.